The van der Waals surface area contributed by atoms with E-state index in [1.54, 1.807) is 0 Å². The molecule has 0 saturated carbocycles. The van der Waals surface area contributed by atoms with Crippen LogP contribution < -0.4 is 15.7 Å². The highest BCUT2D eigenvalue weighted by Gasteiger charge is 2.10. The quantitative estimate of drug-likeness (QED) is 0.562. The molecule has 3 rings (SSSR count). The number of thioether (sulfide) groups is 1. The van der Waals surface area contributed by atoms with Crippen molar-refractivity contribution in [1.82, 2.24) is 0 Å². The lowest BCUT2D eigenvalue weighted by Gasteiger charge is -2.11. The molecular formula is C22H23NO4S. The predicted octanol–water partition coefficient (Wildman–Crippen LogP) is 4.63. The summed E-state index contributed by atoms with van der Waals surface area (Å²) >= 11 is 1.45. The van der Waals surface area contributed by atoms with Crippen molar-refractivity contribution >= 4 is 34.3 Å². The number of benzene rings is 2. The van der Waals surface area contributed by atoms with Crippen molar-refractivity contribution in [3.05, 3.63) is 70.1 Å². The molecule has 0 radical (unpaired) electrons. The van der Waals surface area contributed by atoms with Crippen molar-refractivity contribution in [2.24, 2.45) is 0 Å². The molecule has 146 valence electrons. The van der Waals surface area contributed by atoms with Crippen molar-refractivity contribution in [3.8, 4) is 5.75 Å². The van der Waals surface area contributed by atoms with Gasteiger partial charge in [0.25, 0.3) is 0 Å². The molecular weight excluding hydrogens is 374 g/mol. The Morgan fingerprint density at radius 1 is 1.14 bits per heavy atom. The number of aryl methyl sites for hydroxylation is 1. The minimum Gasteiger partial charge on any atom is -0.492 e. The normalized spacial score (nSPS) is 10.8. The van der Waals surface area contributed by atoms with Crippen LogP contribution in [0.15, 0.2) is 57.7 Å². The summed E-state index contributed by atoms with van der Waals surface area (Å²) in [6, 6.07) is 14.8. The number of amides is 1. The molecule has 0 bridgehead atoms. The number of hydrogen-bond acceptors (Lipinski definition) is 5. The van der Waals surface area contributed by atoms with Gasteiger partial charge in [0.05, 0.1) is 18.0 Å². The van der Waals surface area contributed by atoms with E-state index >= 15 is 0 Å². The molecule has 1 amide bonds. The molecule has 1 N–H and O–H groups in total. The molecule has 3 aromatic rings. The van der Waals surface area contributed by atoms with Gasteiger partial charge in [-0.05, 0) is 42.7 Å². The first-order valence-corrected chi connectivity index (χ1v) is 10.4. The third kappa shape index (κ3) is 4.95. The maximum Gasteiger partial charge on any atom is 0.336 e. The SMILES string of the molecule is CCOc1ccccc1NC(=O)CSCc1cc(=O)oc2cc(CC)ccc12. The van der Waals surface area contributed by atoms with E-state index in [4.69, 9.17) is 9.15 Å². The monoisotopic (exact) mass is 397 g/mol. The predicted molar refractivity (Wildman–Crippen MR) is 114 cm³/mol. The summed E-state index contributed by atoms with van der Waals surface area (Å²) < 4.78 is 10.9. The molecule has 5 nitrogen and oxygen atoms in total. The van der Waals surface area contributed by atoms with Crippen LogP contribution in [0.4, 0.5) is 5.69 Å². The Morgan fingerprint density at radius 2 is 1.96 bits per heavy atom. The van der Waals surface area contributed by atoms with Gasteiger partial charge in [-0.15, -0.1) is 11.8 Å². The smallest absolute Gasteiger partial charge is 0.336 e. The summed E-state index contributed by atoms with van der Waals surface area (Å²) in [6.07, 6.45) is 0.877. The second kappa shape index (κ2) is 9.46. The number of nitrogens with one attached hydrogen (secondary N) is 1. The fraction of sp³-hybridized carbons (Fsp3) is 0.273. The molecule has 0 aliphatic rings. The highest BCUT2D eigenvalue weighted by Crippen LogP contribution is 2.25. The van der Waals surface area contributed by atoms with Crippen molar-refractivity contribution in [3.63, 3.8) is 0 Å². The number of carbonyl (C=O) groups excluding carboxylic acids is 1. The molecule has 2 aromatic carbocycles. The molecule has 1 heterocycles. The summed E-state index contributed by atoms with van der Waals surface area (Å²) in [7, 11) is 0. The number of anilines is 1. The van der Waals surface area contributed by atoms with E-state index in [1.807, 2.05) is 49.4 Å². The van der Waals surface area contributed by atoms with Gasteiger partial charge >= 0.3 is 5.63 Å². The fourth-order valence-electron chi connectivity index (χ4n) is 2.90. The zero-order chi connectivity index (χ0) is 19.9. The fourth-order valence-corrected chi connectivity index (χ4v) is 3.72. The first-order valence-electron chi connectivity index (χ1n) is 9.25. The number of ether oxygens (including phenoxy) is 1. The van der Waals surface area contributed by atoms with Crippen LogP contribution in [0.5, 0.6) is 5.75 Å². The summed E-state index contributed by atoms with van der Waals surface area (Å²) in [6.45, 7) is 4.49. The molecule has 28 heavy (non-hydrogen) atoms. The Hall–Kier alpha value is -2.73. The van der Waals surface area contributed by atoms with E-state index < -0.39 is 0 Å². The molecule has 0 saturated heterocycles. The number of fused-ring (bicyclic) bond motifs is 1. The van der Waals surface area contributed by atoms with E-state index in [2.05, 4.69) is 12.2 Å². The number of para-hydroxylation sites is 2. The van der Waals surface area contributed by atoms with Crippen molar-refractivity contribution in [1.29, 1.82) is 0 Å². The average molecular weight is 397 g/mol. The van der Waals surface area contributed by atoms with Gasteiger partial charge in [-0.25, -0.2) is 4.79 Å². The van der Waals surface area contributed by atoms with Crippen LogP contribution in [0, 0.1) is 0 Å². The van der Waals surface area contributed by atoms with Gasteiger partial charge in [0.1, 0.15) is 11.3 Å². The van der Waals surface area contributed by atoms with Crippen LogP contribution in [0.2, 0.25) is 0 Å². The first kappa shape index (κ1) is 20.0. The topological polar surface area (TPSA) is 68.5 Å². The first-order chi connectivity index (χ1) is 13.6. The third-order valence-electron chi connectivity index (χ3n) is 4.25. The molecule has 0 unspecified atom stereocenters. The van der Waals surface area contributed by atoms with Crippen LogP contribution >= 0.6 is 11.8 Å². The van der Waals surface area contributed by atoms with Crippen LogP contribution in [0.1, 0.15) is 25.0 Å². The van der Waals surface area contributed by atoms with Crippen molar-refractivity contribution in [2.45, 2.75) is 26.0 Å². The summed E-state index contributed by atoms with van der Waals surface area (Å²) in [4.78, 5) is 24.2. The van der Waals surface area contributed by atoms with Crippen LogP contribution in [-0.2, 0) is 17.0 Å². The maximum atomic E-state index is 12.3. The van der Waals surface area contributed by atoms with Crippen LogP contribution in [0.25, 0.3) is 11.0 Å². The molecule has 0 spiro atoms. The Kier molecular flexibility index (Phi) is 6.76. The Bertz CT molecular complexity index is 1030. The van der Waals surface area contributed by atoms with E-state index in [0.717, 1.165) is 22.9 Å². The van der Waals surface area contributed by atoms with Gasteiger partial charge < -0.3 is 14.5 Å². The highest BCUT2D eigenvalue weighted by molar-refractivity contribution is 7.99. The van der Waals surface area contributed by atoms with Gasteiger partial charge in [0.15, 0.2) is 0 Å². The second-order valence-corrected chi connectivity index (χ2v) is 7.23. The molecule has 6 heteroatoms. The van der Waals surface area contributed by atoms with E-state index in [1.165, 1.54) is 17.8 Å². The van der Waals surface area contributed by atoms with Crippen LogP contribution in [0.3, 0.4) is 0 Å². The Labute approximate surface area is 168 Å². The third-order valence-corrected chi connectivity index (χ3v) is 5.24. The second-order valence-electron chi connectivity index (χ2n) is 6.24. The van der Waals surface area contributed by atoms with Gasteiger partial charge in [0, 0.05) is 17.2 Å². The largest absolute Gasteiger partial charge is 0.492 e. The summed E-state index contributed by atoms with van der Waals surface area (Å²) in [5.74, 6) is 1.36. The van der Waals surface area contributed by atoms with Gasteiger partial charge in [-0.3, -0.25) is 4.79 Å². The van der Waals surface area contributed by atoms with E-state index in [0.29, 0.717) is 29.4 Å². The van der Waals surface area contributed by atoms with Crippen molar-refractivity contribution in [2.75, 3.05) is 17.7 Å². The zero-order valence-corrected chi connectivity index (χ0v) is 16.8. The van der Waals surface area contributed by atoms with Gasteiger partial charge in [0.2, 0.25) is 5.91 Å². The number of carbonyl (C=O) groups is 1. The summed E-state index contributed by atoms with van der Waals surface area (Å²) in [5.41, 5.74) is 2.88. The van der Waals surface area contributed by atoms with E-state index in [-0.39, 0.29) is 17.3 Å². The lowest BCUT2D eigenvalue weighted by molar-refractivity contribution is -0.113. The Morgan fingerprint density at radius 3 is 2.75 bits per heavy atom. The maximum absolute atomic E-state index is 12.3. The summed E-state index contributed by atoms with van der Waals surface area (Å²) in [5, 5.41) is 3.79. The lowest BCUT2D eigenvalue weighted by atomic mass is 10.1. The number of rotatable bonds is 8. The van der Waals surface area contributed by atoms with Crippen molar-refractivity contribution < 1.29 is 13.9 Å². The van der Waals surface area contributed by atoms with Crippen LogP contribution in [-0.4, -0.2) is 18.3 Å². The molecule has 0 fully saturated rings. The lowest BCUT2D eigenvalue weighted by Crippen LogP contribution is -2.15. The molecule has 0 aliphatic heterocycles. The highest BCUT2D eigenvalue weighted by atomic mass is 32.2. The minimum absolute atomic E-state index is 0.113. The average Bonchev–Trinajstić information content (AvgIpc) is 2.69. The van der Waals surface area contributed by atoms with Gasteiger partial charge in [-0.1, -0.05) is 31.2 Å². The molecule has 1 aromatic heterocycles. The van der Waals surface area contributed by atoms with Gasteiger partial charge in [-0.2, -0.15) is 0 Å². The van der Waals surface area contributed by atoms with E-state index in [9.17, 15) is 9.59 Å². The Balaban J connectivity index is 1.65. The number of hydrogen-bond donors (Lipinski definition) is 1. The molecule has 0 atom stereocenters. The zero-order valence-electron chi connectivity index (χ0n) is 16.0. The minimum atomic E-state index is -0.369. The standard InChI is InChI=1S/C22H23NO4S/c1-3-15-9-10-17-16(12-22(25)27-20(17)11-15)13-28-14-21(24)23-18-7-5-6-8-19(18)26-4-2/h5-12H,3-4,13-14H2,1-2H3,(H,23,24). The molecule has 0 aliphatic carbocycles.